The Kier molecular flexibility index (Phi) is 58.6. The normalized spacial score (nSPS) is 45.0. The average Bonchev–Trinajstić information content (AvgIpc) is 0.730. The zero-order valence-corrected chi connectivity index (χ0v) is 74.9. The number of aliphatic hydroxyl groups is 35. The van der Waals surface area contributed by atoms with E-state index in [2.05, 4.69) is 5.32 Å². The first-order chi connectivity index (χ1) is 64.8. The lowest BCUT2D eigenvalue weighted by Crippen LogP contribution is -2.64. The van der Waals surface area contributed by atoms with Gasteiger partial charge in [0.05, 0.1) is 117 Å². The van der Waals surface area contributed by atoms with E-state index in [1.165, 1.54) is 6.92 Å². The molecule has 62 heteroatoms. The number of carbonyl (C=O) groups excluding carboxylic acids is 1. The molecule has 62 nitrogen and oxygen atoms in total. The minimum absolute atomic E-state index is 0.0141. The summed E-state index contributed by atoms with van der Waals surface area (Å²) in [7, 11) is 0. The summed E-state index contributed by atoms with van der Waals surface area (Å²) in [6, 6.07) is -1.95. The van der Waals surface area contributed by atoms with E-state index in [1.807, 2.05) is 0 Å². The smallest absolute Gasteiger partial charge is 0.217 e. The first-order valence-electron chi connectivity index (χ1n) is 43.8. The Hall–Kier alpha value is -2.93. The van der Waals surface area contributed by atoms with Gasteiger partial charge in [-0.1, -0.05) is 0 Å². The fraction of sp³-hybridized carbons (Fsp3) is 0.987. The molecule has 1 saturated carbocycles. The van der Waals surface area contributed by atoms with Crippen LogP contribution in [0.4, 0.5) is 0 Å². The SMILES string of the molecule is CC(=O)N[C@H]1[C@H](OCCN)O[C@H](CO)[C@@H](O)[C@@H]1O.C[C@@H]1O[C@H](OCCN)[C@@H](O)[C@H](O)[C@@H]1O.NCCO[C@H]1O[C@H](CO)[C@@H](O)[C@H](O)[C@@H]1O.NCCO[C@H]1O[C@H](CO)[C@@H](O)[C@H](O)[C@@H]1O[C@H]1O[C@H](CO)[C@@H](O)[C@H](O)[C@@H]1O.NCCO[C@H]1O[C@H](CO)[C@@H](O)[C@H](O)[C@H]1O.NCCO[C@H]1O[C@H](CO[C@H]2O[C@H](CO)[C@@H](O)[C@H](O)[C@@H]2O)[C@@H](O)[C@H](O[C@H]2C[C@H](CO)[C@@H](O)[C@H](O)[C@@H]2O)[C@@H]1O.N[C@H]1C(O)O[C@H](CO)[C@@H](O)[C@@H]1O. The summed E-state index contributed by atoms with van der Waals surface area (Å²) in [4.78, 5) is 11.0. The summed E-state index contributed by atoms with van der Waals surface area (Å²) in [5.41, 5.74) is 37.0. The van der Waals surface area contributed by atoms with Crippen LogP contribution in [0.5, 0.6) is 0 Å². The van der Waals surface area contributed by atoms with Crippen molar-refractivity contribution in [1.82, 2.24) is 5.32 Å². The molecule has 1 unspecified atom stereocenters. The fourth-order valence-corrected chi connectivity index (χ4v) is 14.6. The van der Waals surface area contributed by atoms with Crippen LogP contribution in [0.3, 0.4) is 0 Å². The standard InChI is InChI=1S/C21H39NO15.C14H27NO11.C10H20N2O6.2C8H17NO6.C8H17NO5.C6H13NO5/c22-1-2-33-21-18(32)19(35-8-3-7(4-23)11(25)15(29)12(8)26)14(28)10(37-21)6-34-20-17(31)16(30)13(27)9(5-24)36-20;15-1-2-23-14-12(10(21)8(19)6(4-17)25-14)26-13-11(22)9(20)7(18)5(3-16)24-13;1-5(14)12-7-9(16)8(15)6(4-13)18-10(7)17-3-2-11;2*9-1-2-14-8-7(13)6(12)5(11)4(3-10)15-8;1-4-5(10)6(11)7(12)8(14-4)13-3-2-9;7-3-5(10)4(9)2(1-8)12-6(3)11/h7-21,23-32H,1-6,22H2;5-14,16-22H,1-4,15H2;6-10,13,15-16H,2-4,11H2,1H3,(H,12,14);2*4-8,10-13H,1-3,9H2;4-8,10-12H,2-3,9H2,1H3;2-6,8-11H,1,7H2/t7-,8+,9-,10-,11-,12-,13-,14-,15+,16+,17+,18+,19+,20+,21+;5-,6-,7-,8-,9+,10+,11+,12+,13-,14+;6-,7-,8-,9-,10-;4-,5-,6+,7+,8+;4-,5-,6+,7-,8+;4-,5+,6+,7-,8-;2-,3-,4-,5-,6?/m1111101/s1. The third-order valence-corrected chi connectivity index (χ3v) is 22.6. The van der Waals surface area contributed by atoms with Crippen molar-refractivity contribution < 1.29 is 269 Å². The van der Waals surface area contributed by atoms with Gasteiger partial charge in [0, 0.05) is 58.7 Å². The number of nitrogens with two attached hydrogens (primary N) is 7. The highest BCUT2D eigenvalue weighted by atomic mass is 16.8. The van der Waals surface area contributed by atoms with E-state index in [0.29, 0.717) is 6.54 Å². The zero-order chi connectivity index (χ0) is 103. The minimum Gasteiger partial charge on any atom is -0.396 e. The summed E-state index contributed by atoms with van der Waals surface area (Å²) in [6.07, 6.45) is -62.4. The quantitative estimate of drug-likeness (QED) is 0.0284. The Balaban J connectivity index is 0.000000347. The van der Waals surface area contributed by atoms with Gasteiger partial charge < -0.3 is 309 Å². The number of hydrogen-bond acceptors (Lipinski definition) is 61. The lowest BCUT2D eigenvalue weighted by Gasteiger charge is -2.46. The van der Waals surface area contributed by atoms with Gasteiger partial charge in [0.2, 0.25) is 5.91 Å². The van der Waals surface area contributed by atoms with Crippen molar-refractivity contribution in [2.75, 3.05) is 138 Å². The third kappa shape index (κ3) is 35.4. The van der Waals surface area contributed by atoms with E-state index in [4.69, 9.17) is 151 Å². The van der Waals surface area contributed by atoms with E-state index in [9.17, 15) is 158 Å². The number of carbonyl (C=O) groups is 1. The highest BCUT2D eigenvalue weighted by Gasteiger charge is 2.56. The number of rotatable bonds is 34. The molecular formula is C75H150N8O54. The van der Waals surface area contributed by atoms with Crippen LogP contribution in [0.1, 0.15) is 20.3 Å². The second-order valence-electron chi connectivity index (χ2n) is 32.6. The summed E-state index contributed by atoms with van der Waals surface area (Å²) in [5, 5.41) is 339. The lowest BCUT2D eigenvalue weighted by molar-refractivity contribution is -0.367. The molecule has 0 aromatic carbocycles. The lowest BCUT2D eigenvalue weighted by atomic mass is 9.81. The molecule has 0 bridgehead atoms. The van der Waals surface area contributed by atoms with Crippen molar-refractivity contribution in [2.45, 2.75) is 321 Å². The summed E-state index contributed by atoms with van der Waals surface area (Å²) < 4.78 is 94.4. The van der Waals surface area contributed by atoms with E-state index in [1.54, 1.807) is 6.92 Å². The highest BCUT2D eigenvalue weighted by Crippen LogP contribution is 2.36. The van der Waals surface area contributed by atoms with Gasteiger partial charge in [0.1, 0.15) is 220 Å². The fourth-order valence-electron chi connectivity index (χ4n) is 14.6. The first-order valence-corrected chi connectivity index (χ1v) is 43.8. The molecule has 0 aromatic rings. The molecule has 1 aliphatic carbocycles. The van der Waals surface area contributed by atoms with Crippen LogP contribution in [0.15, 0.2) is 0 Å². The molecule has 10 aliphatic rings. The maximum Gasteiger partial charge on any atom is 0.217 e. The van der Waals surface area contributed by atoms with Crippen LogP contribution in [-0.2, 0) is 90.1 Å². The Morgan fingerprint density at radius 1 is 0.277 bits per heavy atom. The van der Waals surface area contributed by atoms with Gasteiger partial charge in [0.25, 0.3) is 0 Å². The van der Waals surface area contributed by atoms with Gasteiger partial charge in [0.15, 0.2) is 56.6 Å². The molecule has 9 aliphatic heterocycles. The molecule has 814 valence electrons. The van der Waals surface area contributed by atoms with Gasteiger partial charge in [-0.05, 0) is 13.3 Å². The monoisotopic (exact) mass is 2030 g/mol. The average molecular weight is 2030 g/mol. The molecule has 10 fully saturated rings. The third-order valence-electron chi connectivity index (χ3n) is 22.6. The molecule has 137 heavy (non-hydrogen) atoms. The number of hydrogen-bond donors (Lipinski definition) is 43. The Morgan fingerprint density at radius 3 is 0.949 bits per heavy atom. The predicted molar refractivity (Wildman–Crippen MR) is 442 cm³/mol. The Morgan fingerprint density at radius 2 is 0.569 bits per heavy atom. The maximum atomic E-state index is 11.0. The number of nitrogens with one attached hydrogen (secondary N) is 1. The van der Waals surface area contributed by atoms with E-state index in [0.717, 1.165) is 0 Å². The van der Waals surface area contributed by atoms with Crippen LogP contribution in [0.25, 0.3) is 0 Å². The van der Waals surface area contributed by atoms with E-state index >= 15 is 0 Å². The predicted octanol–water partition coefficient (Wildman–Crippen LogP) is -27.4. The van der Waals surface area contributed by atoms with Crippen molar-refractivity contribution in [3.8, 4) is 0 Å². The Labute approximate surface area is 783 Å². The van der Waals surface area contributed by atoms with Crippen LogP contribution in [0.2, 0.25) is 0 Å². The van der Waals surface area contributed by atoms with Gasteiger partial charge in [-0.15, -0.1) is 0 Å². The molecule has 0 spiro atoms. The molecule has 1 amide bonds. The molecule has 0 radical (unpaired) electrons. The van der Waals surface area contributed by atoms with Crippen LogP contribution < -0.4 is 45.5 Å². The molecule has 9 saturated heterocycles. The van der Waals surface area contributed by atoms with Crippen molar-refractivity contribution in [1.29, 1.82) is 0 Å². The molecule has 9 heterocycles. The Bertz CT molecular complexity index is 3110. The van der Waals surface area contributed by atoms with Crippen LogP contribution in [0, 0.1) is 5.92 Å². The number of aliphatic hydroxyl groups excluding tert-OH is 35. The van der Waals surface area contributed by atoms with Crippen LogP contribution in [-0.4, -0.2) is 624 Å². The van der Waals surface area contributed by atoms with E-state index in [-0.39, 0.29) is 78.8 Å². The molecule has 50 atom stereocenters. The summed E-state index contributed by atoms with van der Waals surface area (Å²) >= 11 is 0. The highest BCUT2D eigenvalue weighted by molar-refractivity contribution is 5.73. The molecular weight excluding hydrogens is 1880 g/mol. The van der Waals surface area contributed by atoms with Crippen molar-refractivity contribution in [2.24, 2.45) is 46.1 Å². The zero-order valence-electron chi connectivity index (χ0n) is 74.9. The first kappa shape index (κ1) is 126. The second-order valence-corrected chi connectivity index (χ2v) is 32.6. The van der Waals surface area contributed by atoms with Crippen LogP contribution >= 0.6 is 0 Å². The van der Waals surface area contributed by atoms with E-state index < -0.39 is 372 Å². The van der Waals surface area contributed by atoms with Crippen molar-refractivity contribution >= 4 is 5.91 Å². The second kappa shape index (κ2) is 63.6. The van der Waals surface area contributed by atoms with Gasteiger partial charge in [-0.3, -0.25) is 4.79 Å². The minimum atomic E-state index is -1.71. The number of ether oxygens (including phenoxy) is 18. The molecule has 0 aromatic heterocycles. The molecule has 50 N–H and O–H groups in total. The van der Waals surface area contributed by atoms with Gasteiger partial charge in [-0.2, -0.15) is 0 Å². The summed E-state index contributed by atoms with van der Waals surface area (Å²) in [5.74, 6) is -1.23. The van der Waals surface area contributed by atoms with Crippen molar-refractivity contribution in [3.63, 3.8) is 0 Å². The molecule has 10 rings (SSSR count). The maximum absolute atomic E-state index is 11.0. The number of amides is 1. The largest absolute Gasteiger partial charge is 0.396 e. The van der Waals surface area contributed by atoms with Crippen molar-refractivity contribution in [3.05, 3.63) is 0 Å². The summed E-state index contributed by atoms with van der Waals surface area (Å²) in [6.45, 7) is -0.0305. The van der Waals surface area contributed by atoms with Gasteiger partial charge in [-0.25, -0.2) is 0 Å². The van der Waals surface area contributed by atoms with Gasteiger partial charge >= 0.3 is 0 Å². The topological polar surface area (TPSA) is 1090 Å².